The maximum Gasteiger partial charge on any atom is 0.272 e. The summed E-state index contributed by atoms with van der Waals surface area (Å²) in [5.41, 5.74) is 6.45. The van der Waals surface area contributed by atoms with Gasteiger partial charge in [0, 0.05) is 31.2 Å². The summed E-state index contributed by atoms with van der Waals surface area (Å²) in [6.45, 7) is 4.33. The van der Waals surface area contributed by atoms with Crippen LogP contribution in [0.3, 0.4) is 0 Å². The van der Waals surface area contributed by atoms with Gasteiger partial charge in [-0.3, -0.25) is 9.78 Å². The van der Waals surface area contributed by atoms with Crippen LogP contribution in [-0.4, -0.2) is 30.2 Å². The van der Waals surface area contributed by atoms with Crippen molar-refractivity contribution in [3.63, 3.8) is 0 Å². The van der Waals surface area contributed by atoms with Crippen molar-refractivity contribution >= 4 is 17.8 Å². The summed E-state index contributed by atoms with van der Waals surface area (Å²) in [7, 11) is 0. The van der Waals surface area contributed by atoms with Crippen LogP contribution in [0.2, 0.25) is 0 Å². The molecule has 0 spiro atoms. The van der Waals surface area contributed by atoms with E-state index in [4.69, 9.17) is 0 Å². The second-order valence-corrected chi connectivity index (χ2v) is 6.03. The summed E-state index contributed by atoms with van der Waals surface area (Å²) in [6, 6.07) is 9.80. The van der Waals surface area contributed by atoms with Crippen molar-refractivity contribution in [1.29, 1.82) is 0 Å². The number of benzene rings is 1. The molecule has 2 heterocycles. The van der Waals surface area contributed by atoms with Gasteiger partial charge in [0.1, 0.15) is 0 Å². The third-order valence-electron chi connectivity index (χ3n) is 4.27. The lowest BCUT2D eigenvalue weighted by Gasteiger charge is -2.29. The molecule has 3 rings (SSSR count). The predicted octanol–water partition coefficient (Wildman–Crippen LogP) is 3.14. The Balaban J connectivity index is 1.63. The van der Waals surface area contributed by atoms with E-state index >= 15 is 0 Å². The zero-order valence-corrected chi connectivity index (χ0v) is 13.9. The van der Waals surface area contributed by atoms with Gasteiger partial charge in [0.15, 0.2) is 0 Å². The first-order chi connectivity index (χ1) is 11.7. The Bertz CT molecular complexity index is 721. The van der Waals surface area contributed by atoms with Gasteiger partial charge in [-0.25, -0.2) is 5.43 Å². The molecule has 0 unspecified atom stereocenters. The Labute approximate surface area is 142 Å². The summed E-state index contributed by atoms with van der Waals surface area (Å²) in [4.78, 5) is 18.3. The number of carbonyl (C=O) groups excluding carboxylic acids is 1. The van der Waals surface area contributed by atoms with Crippen LogP contribution < -0.4 is 10.3 Å². The lowest BCUT2D eigenvalue weighted by Crippen LogP contribution is -2.29. The summed E-state index contributed by atoms with van der Waals surface area (Å²) >= 11 is 0. The Morgan fingerprint density at radius 1 is 1.25 bits per heavy atom. The molecule has 1 fully saturated rings. The molecule has 0 atom stereocenters. The van der Waals surface area contributed by atoms with Crippen molar-refractivity contribution in [2.45, 2.75) is 26.2 Å². The van der Waals surface area contributed by atoms with Crippen LogP contribution in [0.1, 0.15) is 40.7 Å². The largest absolute Gasteiger partial charge is 0.372 e. The highest BCUT2D eigenvalue weighted by Gasteiger charge is 2.11. The Kier molecular flexibility index (Phi) is 5.21. The Morgan fingerprint density at radius 3 is 2.79 bits per heavy atom. The predicted molar refractivity (Wildman–Crippen MR) is 96.5 cm³/mol. The highest BCUT2D eigenvalue weighted by atomic mass is 16.2. The molecule has 0 radical (unpaired) electrons. The van der Waals surface area contributed by atoms with Crippen LogP contribution in [0, 0.1) is 6.92 Å². The van der Waals surface area contributed by atoms with E-state index in [1.165, 1.54) is 31.1 Å². The highest BCUT2D eigenvalue weighted by Crippen LogP contribution is 2.22. The smallest absolute Gasteiger partial charge is 0.272 e. The molecule has 1 N–H and O–H groups in total. The number of amides is 1. The van der Waals surface area contributed by atoms with Crippen LogP contribution in [0.15, 0.2) is 47.8 Å². The number of piperidine rings is 1. The second kappa shape index (κ2) is 7.73. The van der Waals surface area contributed by atoms with Gasteiger partial charge in [-0.1, -0.05) is 6.07 Å². The molecule has 5 heteroatoms. The zero-order chi connectivity index (χ0) is 16.8. The van der Waals surface area contributed by atoms with Crippen LogP contribution in [0.5, 0.6) is 0 Å². The molecule has 2 aromatic rings. The number of hydrogen-bond donors (Lipinski definition) is 1. The summed E-state index contributed by atoms with van der Waals surface area (Å²) in [5.74, 6) is -0.262. The van der Waals surface area contributed by atoms with Crippen LogP contribution in [-0.2, 0) is 0 Å². The van der Waals surface area contributed by atoms with E-state index in [0.717, 1.165) is 24.2 Å². The van der Waals surface area contributed by atoms with E-state index < -0.39 is 0 Å². The van der Waals surface area contributed by atoms with Crippen molar-refractivity contribution in [2.75, 3.05) is 18.0 Å². The number of rotatable bonds is 4. The molecule has 24 heavy (non-hydrogen) atoms. The molecule has 124 valence electrons. The fourth-order valence-electron chi connectivity index (χ4n) is 2.88. The van der Waals surface area contributed by atoms with E-state index in [1.807, 2.05) is 0 Å². The van der Waals surface area contributed by atoms with Gasteiger partial charge in [-0.2, -0.15) is 5.10 Å². The average molecular weight is 322 g/mol. The maximum atomic E-state index is 11.9. The third kappa shape index (κ3) is 3.98. The van der Waals surface area contributed by atoms with E-state index in [-0.39, 0.29) is 5.91 Å². The number of pyridine rings is 1. The second-order valence-electron chi connectivity index (χ2n) is 6.03. The van der Waals surface area contributed by atoms with E-state index in [2.05, 4.69) is 45.5 Å². The quantitative estimate of drug-likeness (QED) is 0.695. The number of nitrogens with one attached hydrogen (secondary N) is 1. The lowest BCUT2D eigenvalue weighted by atomic mass is 10.1. The normalized spacial score (nSPS) is 14.8. The first-order valence-electron chi connectivity index (χ1n) is 8.33. The maximum absolute atomic E-state index is 11.9. The molecule has 0 saturated carbocycles. The molecule has 1 aromatic carbocycles. The van der Waals surface area contributed by atoms with Gasteiger partial charge in [-0.15, -0.1) is 0 Å². The van der Waals surface area contributed by atoms with Gasteiger partial charge in [0.25, 0.3) is 5.91 Å². The molecular formula is C19H22N4O. The van der Waals surface area contributed by atoms with Gasteiger partial charge in [-0.05, 0) is 61.6 Å². The van der Waals surface area contributed by atoms with Crippen LogP contribution in [0.4, 0.5) is 5.69 Å². The van der Waals surface area contributed by atoms with Gasteiger partial charge in [0.2, 0.25) is 0 Å². The van der Waals surface area contributed by atoms with Crippen LogP contribution in [0.25, 0.3) is 0 Å². The summed E-state index contributed by atoms with van der Waals surface area (Å²) in [5, 5.41) is 4.06. The summed E-state index contributed by atoms with van der Waals surface area (Å²) in [6.07, 6.45) is 8.70. The number of aryl methyl sites for hydroxylation is 1. The minimum absolute atomic E-state index is 0.262. The topological polar surface area (TPSA) is 57.6 Å². The molecular weight excluding hydrogens is 300 g/mol. The molecule has 1 aliphatic rings. The number of nitrogens with zero attached hydrogens (tertiary/aromatic N) is 3. The van der Waals surface area contributed by atoms with Gasteiger partial charge in [0.05, 0.1) is 11.8 Å². The Morgan fingerprint density at radius 2 is 2.08 bits per heavy atom. The fourth-order valence-corrected chi connectivity index (χ4v) is 2.88. The molecule has 1 saturated heterocycles. The molecule has 1 amide bonds. The average Bonchev–Trinajstić information content (AvgIpc) is 2.64. The number of hydrogen-bond acceptors (Lipinski definition) is 4. The minimum atomic E-state index is -0.262. The molecule has 0 aliphatic carbocycles. The van der Waals surface area contributed by atoms with Gasteiger partial charge < -0.3 is 4.90 Å². The molecule has 1 aliphatic heterocycles. The van der Waals surface area contributed by atoms with Crippen molar-refractivity contribution in [1.82, 2.24) is 10.4 Å². The standard InChI is InChI=1S/C19H22N4O/c1-15-12-18(23-10-3-2-4-11-23)8-7-16(15)14-21-22-19(24)17-6-5-9-20-13-17/h5-9,12-14H,2-4,10-11H2,1H3,(H,22,24)/b21-14-. The third-order valence-corrected chi connectivity index (χ3v) is 4.27. The fraction of sp³-hybridized carbons (Fsp3) is 0.316. The van der Waals surface area contributed by atoms with E-state index in [9.17, 15) is 4.79 Å². The number of anilines is 1. The number of aromatic nitrogens is 1. The van der Waals surface area contributed by atoms with E-state index in [0.29, 0.717) is 5.56 Å². The van der Waals surface area contributed by atoms with Crippen molar-refractivity contribution in [3.05, 3.63) is 59.4 Å². The Hall–Kier alpha value is -2.69. The lowest BCUT2D eigenvalue weighted by molar-refractivity contribution is 0.0955. The van der Waals surface area contributed by atoms with Crippen molar-refractivity contribution in [2.24, 2.45) is 5.10 Å². The minimum Gasteiger partial charge on any atom is -0.372 e. The monoisotopic (exact) mass is 322 g/mol. The van der Waals surface area contributed by atoms with Crippen LogP contribution >= 0.6 is 0 Å². The van der Waals surface area contributed by atoms with E-state index in [1.54, 1.807) is 24.5 Å². The molecule has 5 nitrogen and oxygen atoms in total. The van der Waals surface area contributed by atoms with Crippen molar-refractivity contribution in [3.8, 4) is 0 Å². The molecule has 1 aromatic heterocycles. The SMILES string of the molecule is Cc1cc(N2CCCCC2)ccc1/C=N\NC(=O)c1cccnc1. The summed E-state index contributed by atoms with van der Waals surface area (Å²) < 4.78 is 0. The first kappa shape index (κ1) is 16.2. The van der Waals surface area contributed by atoms with Crippen molar-refractivity contribution < 1.29 is 4.79 Å². The number of carbonyl (C=O) groups is 1. The highest BCUT2D eigenvalue weighted by molar-refractivity contribution is 5.94. The first-order valence-corrected chi connectivity index (χ1v) is 8.33. The van der Waals surface area contributed by atoms with Gasteiger partial charge >= 0.3 is 0 Å². The molecule has 0 bridgehead atoms. The number of hydrazone groups is 1. The zero-order valence-electron chi connectivity index (χ0n) is 13.9.